The number of benzene rings is 3. The Bertz CT molecular complexity index is 949. The summed E-state index contributed by atoms with van der Waals surface area (Å²) in [5.74, 6) is 0.488. The third-order valence-electron chi connectivity index (χ3n) is 4.73. The average molecular weight is 503 g/mol. The van der Waals surface area contributed by atoms with Crippen molar-refractivity contribution in [2.75, 3.05) is 0 Å². The monoisotopic (exact) mass is 501 g/mol. The zero-order valence-corrected chi connectivity index (χ0v) is 18.0. The minimum atomic E-state index is -0.239. The fourth-order valence-electron chi connectivity index (χ4n) is 3.32. The van der Waals surface area contributed by atoms with E-state index in [-0.39, 0.29) is 17.9 Å². The van der Waals surface area contributed by atoms with E-state index in [9.17, 15) is 4.39 Å². The minimum Gasteiger partial charge on any atom is -0.347 e. The van der Waals surface area contributed by atoms with Gasteiger partial charge in [0.2, 0.25) is 0 Å². The van der Waals surface area contributed by atoms with E-state index >= 15 is 0 Å². The summed E-state index contributed by atoms with van der Waals surface area (Å²) < 4.78 is 15.2. The topological polar surface area (TPSA) is 36.4 Å². The van der Waals surface area contributed by atoms with Crippen molar-refractivity contribution >= 4 is 37.8 Å². The van der Waals surface area contributed by atoms with Crippen LogP contribution in [-0.4, -0.2) is 5.96 Å². The van der Waals surface area contributed by atoms with Crippen LogP contribution in [0.2, 0.25) is 0 Å². The molecule has 0 aromatic heterocycles. The third-order valence-corrected chi connectivity index (χ3v) is 6.18. The molecule has 2 N–H and O–H groups in total. The maximum Gasteiger partial charge on any atom is 0.192 e. The Kier molecular flexibility index (Phi) is 5.78. The van der Waals surface area contributed by atoms with E-state index < -0.39 is 0 Å². The number of hydrogen-bond acceptors (Lipinski definition) is 1. The first kappa shape index (κ1) is 19.2. The van der Waals surface area contributed by atoms with Crippen LogP contribution in [0.25, 0.3) is 0 Å². The SMILES string of the molecule is Fc1ccc(CN=C2NC(c3ccccc3Br)C(c3ccccc3Br)N2)cc1. The highest BCUT2D eigenvalue weighted by atomic mass is 79.9. The lowest BCUT2D eigenvalue weighted by atomic mass is 9.95. The smallest absolute Gasteiger partial charge is 0.192 e. The molecular weight excluding hydrogens is 485 g/mol. The van der Waals surface area contributed by atoms with Gasteiger partial charge in [0.05, 0.1) is 18.6 Å². The van der Waals surface area contributed by atoms with Crippen molar-refractivity contribution in [3.05, 3.63) is 104 Å². The van der Waals surface area contributed by atoms with Gasteiger partial charge in [-0.3, -0.25) is 0 Å². The zero-order chi connectivity index (χ0) is 19.5. The number of rotatable bonds is 4. The largest absolute Gasteiger partial charge is 0.347 e. The van der Waals surface area contributed by atoms with Crippen molar-refractivity contribution in [2.45, 2.75) is 18.6 Å². The molecule has 0 amide bonds. The van der Waals surface area contributed by atoms with Crippen LogP contribution in [0.15, 0.2) is 86.7 Å². The molecule has 6 heteroatoms. The lowest BCUT2D eigenvalue weighted by Crippen LogP contribution is -2.25. The molecule has 3 aromatic carbocycles. The van der Waals surface area contributed by atoms with E-state index in [2.05, 4.69) is 59.6 Å². The first-order valence-electron chi connectivity index (χ1n) is 8.92. The summed E-state index contributed by atoms with van der Waals surface area (Å²) in [6.45, 7) is 0.473. The van der Waals surface area contributed by atoms with Gasteiger partial charge in [-0.2, -0.15) is 0 Å². The lowest BCUT2D eigenvalue weighted by molar-refractivity contribution is 0.550. The Balaban J connectivity index is 1.65. The Morgan fingerprint density at radius 2 is 1.25 bits per heavy atom. The van der Waals surface area contributed by atoms with Crippen LogP contribution in [0.5, 0.6) is 0 Å². The van der Waals surface area contributed by atoms with E-state index in [0.717, 1.165) is 31.6 Å². The number of guanidine groups is 1. The summed E-state index contributed by atoms with van der Waals surface area (Å²) in [7, 11) is 0. The van der Waals surface area contributed by atoms with Crippen molar-refractivity contribution < 1.29 is 4.39 Å². The van der Waals surface area contributed by atoms with Gasteiger partial charge in [0.1, 0.15) is 5.82 Å². The van der Waals surface area contributed by atoms with Crippen LogP contribution in [0, 0.1) is 5.82 Å². The van der Waals surface area contributed by atoms with E-state index in [0.29, 0.717) is 6.54 Å². The Morgan fingerprint density at radius 1 is 0.750 bits per heavy atom. The van der Waals surface area contributed by atoms with Crippen LogP contribution in [0.1, 0.15) is 28.8 Å². The van der Waals surface area contributed by atoms with Gasteiger partial charge in [0.25, 0.3) is 0 Å². The number of aliphatic imine (C=N–C) groups is 1. The standard InChI is InChI=1S/C22H18Br2FN3/c23-18-7-3-1-5-16(18)20-21(17-6-2-4-8-19(17)24)28-22(27-20)26-13-14-9-11-15(25)12-10-14/h1-12,20-21H,13H2,(H2,26,27,28). The van der Waals surface area contributed by atoms with Crippen molar-refractivity contribution in [1.29, 1.82) is 0 Å². The Hall–Kier alpha value is -2.18. The molecule has 4 rings (SSSR count). The maximum atomic E-state index is 13.1. The van der Waals surface area contributed by atoms with Crippen molar-refractivity contribution in [3.8, 4) is 0 Å². The molecule has 1 saturated heterocycles. The second-order valence-electron chi connectivity index (χ2n) is 6.58. The molecule has 3 aromatic rings. The van der Waals surface area contributed by atoms with Gasteiger partial charge >= 0.3 is 0 Å². The number of nitrogens with zero attached hydrogens (tertiary/aromatic N) is 1. The van der Waals surface area contributed by atoms with Gasteiger partial charge in [0, 0.05) is 8.95 Å². The van der Waals surface area contributed by atoms with Gasteiger partial charge in [-0.15, -0.1) is 0 Å². The average Bonchev–Trinajstić information content (AvgIpc) is 3.12. The highest BCUT2D eigenvalue weighted by Crippen LogP contribution is 2.38. The minimum absolute atomic E-state index is 0.0150. The molecule has 0 bridgehead atoms. The second kappa shape index (κ2) is 8.45. The third kappa shape index (κ3) is 4.13. The van der Waals surface area contributed by atoms with E-state index in [1.165, 1.54) is 12.1 Å². The molecule has 0 radical (unpaired) electrons. The molecule has 0 aliphatic carbocycles. The molecule has 142 valence electrons. The molecule has 1 heterocycles. The molecule has 3 nitrogen and oxygen atoms in total. The molecule has 1 aliphatic heterocycles. The van der Waals surface area contributed by atoms with Crippen molar-refractivity contribution in [1.82, 2.24) is 10.6 Å². The fraction of sp³-hybridized carbons (Fsp3) is 0.136. The quantitative estimate of drug-likeness (QED) is 0.467. The van der Waals surface area contributed by atoms with Crippen LogP contribution in [-0.2, 0) is 6.54 Å². The van der Waals surface area contributed by atoms with Gasteiger partial charge < -0.3 is 10.6 Å². The Labute approximate surface area is 180 Å². The Morgan fingerprint density at radius 3 is 1.75 bits per heavy atom. The lowest BCUT2D eigenvalue weighted by Gasteiger charge is -2.21. The molecule has 2 atom stereocenters. The fourth-order valence-corrected chi connectivity index (χ4v) is 4.39. The molecular formula is C22H18Br2FN3. The van der Waals surface area contributed by atoms with Gasteiger partial charge in [0.15, 0.2) is 5.96 Å². The van der Waals surface area contributed by atoms with Crippen molar-refractivity contribution in [3.63, 3.8) is 0 Å². The molecule has 0 saturated carbocycles. The molecule has 2 unspecified atom stereocenters. The summed E-state index contributed by atoms with van der Waals surface area (Å²) in [5.41, 5.74) is 3.27. The first-order valence-corrected chi connectivity index (χ1v) is 10.5. The van der Waals surface area contributed by atoms with E-state index in [4.69, 9.17) is 0 Å². The summed E-state index contributed by atoms with van der Waals surface area (Å²) >= 11 is 7.34. The van der Waals surface area contributed by atoms with Gasteiger partial charge in [-0.1, -0.05) is 80.4 Å². The van der Waals surface area contributed by atoms with Gasteiger partial charge in [-0.05, 0) is 41.0 Å². The normalized spacial score (nSPS) is 18.5. The molecule has 1 fully saturated rings. The number of hydrogen-bond donors (Lipinski definition) is 2. The van der Waals surface area contributed by atoms with Crippen LogP contribution in [0.4, 0.5) is 4.39 Å². The maximum absolute atomic E-state index is 13.1. The second-order valence-corrected chi connectivity index (χ2v) is 8.29. The van der Waals surface area contributed by atoms with Crippen molar-refractivity contribution in [2.24, 2.45) is 4.99 Å². The summed E-state index contributed by atoms with van der Waals surface area (Å²) in [5, 5.41) is 7.04. The number of halogens is 3. The number of nitrogens with one attached hydrogen (secondary N) is 2. The molecule has 0 spiro atoms. The highest BCUT2D eigenvalue weighted by Gasteiger charge is 2.34. The van der Waals surface area contributed by atoms with Gasteiger partial charge in [-0.25, -0.2) is 9.38 Å². The zero-order valence-electron chi connectivity index (χ0n) is 14.9. The summed E-state index contributed by atoms with van der Waals surface area (Å²) in [4.78, 5) is 4.68. The van der Waals surface area contributed by atoms with Crippen LogP contribution >= 0.6 is 31.9 Å². The molecule has 1 aliphatic rings. The van der Waals surface area contributed by atoms with Crippen LogP contribution in [0.3, 0.4) is 0 Å². The highest BCUT2D eigenvalue weighted by molar-refractivity contribution is 9.10. The predicted octanol–water partition coefficient (Wildman–Crippen LogP) is 5.88. The summed E-state index contributed by atoms with van der Waals surface area (Å²) in [6, 6.07) is 22.8. The first-order chi connectivity index (χ1) is 13.6. The predicted molar refractivity (Wildman–Crippen MR) is 118 cm³/mol. The molecule has 28 heavy (non-hydrogen) atoms. The van der Waals surface area contributed by atoms with Crippen LogP contribution < -0.4 is 10.6 Å². The van der Waals surface area contributed by atoms with E-state index in [1.807, 2.05) is 36.4 Å². The van der Waals surface area contributed by atoms with E-state index in [1.54, 1.807) is 12.1 Å². The summed E-state index contributed by atoms with van der Waals surface area (Å²) in [6.07, 6.45) is 0.